The van der Waals surface area contributed by atoms with Crippen LogP contribution in [0.3, 0.4) is 0 Å². The van der Waals surface area contributed by atoms with Crippen molar-refractivity contribution in [1.29, 1.82) is 0 Å². The maximum absolute atomic E-state index is 12.4. The van der Waals surface area contributed by atoms with Crippen LogP contribution < -0.4 is 10.6 Å². The quantitative estimate of drug-likeness (QED) is 0.596. The molecular weight excluding hydrogens is 403 g/mol. The van der Waals surface area contributed by atoms with Crippen molar-refractivity contribution in [3.05, 3.63) is 63.6 Å². The van der Waals surface area contributed by atoms with Gasteiger partial charge in [-0.05, 0) is 43.2 Å². The van der Waals surface area contributed by atoms with E-state index in [0.717, 1.165) is 12.0 Å². The number of nitrogens with one attached hydrogen (secondary N) is 2. The van der Waals surface area contributed by atoms with E-state index in [1.54, 1.807) is 36.4 Å². The van der Waals surface area contributed by atoms with Gasteiger partial charge in [0.25, 0.3) is 5.91 Å². The summed E-state index contributed by atoms with van der Waals surface area (Å²) < 4.78 is 0. The van der Waals surface area contributed by atoms with E-state index >= 15 is 0 Å². The molecule has 0 bridgehead atoms. The molecule has 2 amide bonds. The molecule has 0 aliphatic heterocycles. The molecular formula is C20H22Cl2N2O2S. The Morgan fingerprint density at radius 2 is 1.85 bits per heavy atom. The fourth-order valence-electron chi connectivity index (χ4n) is 2.27. The number of benzene rings is 2. The highest BCUT2D eigenvalue weighted by molar-refractivity contribution is 7.99. The molecule has 27 heavy (non-hydrogen) atoms. The Morgan fingerprint density at radius 3 is 2.56 bits per heavy atom. The van der Waals surface area contributed by atoms with Crippen molar-refractivity contribution in [2.24, 2.45) is 0 Å². The second-order valence-corrected chi connectivity index (χ2v) is 7.92. The van der Waals surface area contributed by atoms with E-state index in [-0.39, 0.29) is 23.6 Å². The summed E-state index contributed by atoms with van der Waals surface area (Å²) in [5.74, 6) is 0.551. The first-order chi connectivity index (χ1) is 12.9. The summed E-state index contributed by atoms with van der Waals surface area (Å²) in [6.45, 7) is 3.95. The van der Waals surface area contributed by atoms with Gasteiger partial charge in [-0.2, -0.15) is 0 Å². The largest absolute Gasteiger partial charge is 0.350 e. The van der Waals surface area contributed by atoms with Crippen LogP contribution in [0, 0.1) is 0 Å². The van der Waals surface area contributed by atoms with Crippen molar-refractivity contribution in [3.63, 3.8) is 0 Å². The van der Waals surface area contributed by atoms with Crippen LogP contribution in [0.4, 0.5) is 5.69 Å². The smallest absolute Gasteiger partial charge is 0.253 e. The molecule has 0 aliphatic rings. The van der Waals surface area contributed by atoms with E-state index in [1.165, 1.54) is 11.8 Å². The van der Waals surface area contributed by atoms with Crippen molar-refractivity contribution in [2.45, 2.75) is 32.1 Å². The zero-order chi connectivity index (χ0) is 19.8. The van der Waals surface area contributed by atoms with Crippen LogP contribution in [-0.2, 0) is 10.5 Å². The average molecular weight is 425 g/mol. The molecule has 0 heterocycles. The number of para-hydroxylation sites is 1. The van der Waals surface area contributed by atoms with Gasteiger partial charge < -0.3 is 10.6 Å². The van der Waals surface area contributed by atoms with Gasteiger partial charge in [0.15, 0.2) is 0 Å². The van der Waals surface area contributed by atoms with Crippen LogP contribution in [0.1, 0.15) is 36.2 Å². The molecule has 1 atom stereocenters. The highest BCUT2D eigenvalue weighted by Crippen LogP contribution is 2.25. The molecule has 0 unspecified atom stereocenters. The molecule has 4 nitrogen and oxygen atoms in total. The topological polar surface area (TPSA) is 58.2 Å². The summed E-state index contributed by atoms with van der Waals surface area (Å²) in [5, 5.41) is 6.75. The van der Waals surface area contributed by atoms with Crippen molar-refractivity contribution in [2.75, 3.05) is 11.1 Å². The van der Waals surface area contributed by atoms with E-state index < -0.39 is 0 Å². The molecule has 7 heteroatoms. The molecule has 0 saturated carbocycles. The fourth-order valence-corrected chi connectivity index (χ4v) is 3.37. The predicted molar refractivity (Wildman–Crippen MR) is 115 cm³/mol. The molecule has 0 radical (unpaired) electrons. The molecule has 2 N–H and O–H groups in total. The maximum atomic E-state index is 12.4. The molecule has 0 saturated heterocycles. The van der Waals surface area contributed by atoms with E-state index in [0.29, 0.717) is 27.0 Å². The van der Waals surface area contributed by atoms with Crippen LogP contribution in [0.5, 0.6) is 0 Å². The van der Waals surface area contributed by atoms with Gasteiger partial charge >= 0.3 is 0 Å². The van der Waals surface area contributed by atoms with Crippen molar-refractivity contribution < 1.29 is 9.59 Å². The first kappa shape index (κ1) is 21.6. The highest BCUT2D eigenvalue weighted by atomic mass is 35.5. The Balaban J connectivity index is 1.91. The minimum Gasteiger partial charge on any atom is -0.350 e. The van der Waals surface area contributed by atoms with Gasteiger partial charge in [-0.15, -0.1) is 11.8 Å². The number of carbonyl (C=O) groups excluding carboxylic acids is 2. The average Bonchev–Trinajstić information content (AvgIpc) is 2.64. The first-order valence-corrected chi connectivity index (χ1v) is 10.5. The third kappa shape index (κ3) is 6.76. The number of amides is 2. The second-order valence-electron chi connectivity index (χ2n) is 6.12. The summed E-state index contributed by atoms with van der Waals surface area (Å²) in [6, 6.07) is 12.5. The summed E-state index contributed by atoms with van der Waals surface area (Å²) in [4.78, 5) is 24.6. The van der Waals surface area contributed by atoms with Gasteiger partial charge in [-0.1, -0.05) is 48.3 Å². The lowest BCUT2D eigenvalue weighted by Crippen LogP contribution is -2.32. The van der Waals surface area contributed by atoms with Crippen LogP contribution in [0.15, 0.2) is 42.5 Å². The monoisotopic (exact) mass is 424 g/mol. The summed E-state index contributed by atoms with van der Waals surface area (Å²) in [5.41, 5.74) is 1.97. The second kappa shape index (κ2) is 10.6. The summed E-state index contributed by atoms with van der Waals surface area (Å²) in [7, 11) is 0. The Kier molecular flexibility index (Phi) is 8.48. The van der Waals surface area contributed by atoms with Crippen LogP contribution in [0.25, 0.3) is 0 Å². The zero-order valence-corrected chi connectivity index (χ0v) is 17.5. The van der Waals surface area contributed by atoms with Gasteiger partial charge in [0.05, 0.1) is 27.0 Å². The van der Waals surface area contributed by atoms with Crippen LogP contribution >= 0.6 is 35.0 Å². The lowest BCUT2D eigenvalue weighted by molar-refractivity contribution is -0.113. The molecule has 0 aromatic heterocycles. The Labute approximate surface area is 174 Å². The third-order valence-electron chi connectivity index (χ3n) is 3.92. The van der Waals surface area contributed by atoms with E-state index in [1.807, 2.05) is 19.9 Å². The van der Waals surface area contributed by atoms with Gasteiger partial charge in [-0.25, -0.2) is 0 Å². The standard InChI is InChI=1S/C20H22Cl2N2O2S/c1-3-13(2)23-20(26)15-6-4-5-7-18(15)24-19(25)12-27-11-14-8-9-16(21)17(22)10-14/h4-10,13H,3,11-12H2,1-2H3,(H,23,26)(H,24,25)/t13-/m1/s1. The Morgan fingerprint density at radius 1 is 1.11 bits per heavy atom. The number of hydrogen-bond acceptors (Lipinski definition) is 3. The predicted octanol–water partition coefficient (Wildman–Crippen LogP) is 5.39. The Hall–Kier alpha value is -1.69. The van der Waals surface area contributed by atoms with Gasteiger partial charge in [0, 0.05) is 11.8 Å². The van der Waals surface area contributed by atoms with E-state index in [4.69, 9.17) is 23.2 Å². The summed E-state index contributed by atoms with van der Waals surface area (Å²) >= 11 is 13.4. The molecule has 0 spiro atoms. The lowest BCUT2D eigenvalue weighted by Gasteiger charge is -2.14. The van der Waals surface area contributed by atoms with E-state index in [9.17, 15) is 9.59 Å². The number of carbonyl (C=O) groups is 2. The van der Waals surface area contributed by atoms with E-state index in [2.05, 4.69) is 10.6 Å². The molecule has 2 rings (SSSR count). The fraction of sp³-hybridized carbons (Fsp3) is 0.300. The van der Waals surface area contributed by atoms with Gasteiger partial charge in [0.2, 0.25) is 5.91 Å². The number of halogens is 2. The summed E-state index contributed by atoms with van der Waals surface area (Å²) in [6.07, 6.45) is 0.839. The number of hydrogen-bond donors (Lipinski definition) is 2. The number of rotatable bonds is 8. The third-order valence-corrected chi connectivity index (χ3v) is 5.66. The maximum Gasteiger partial charge on any atom is 0.253 e. The molecule has 144 valence electrons. The number of thioether (sulfide) groups is 1. The normalized spacial score (nSPS) is 11.7. The zero-order valence-electron chi connectivity index (χ0n) is 15.2. The molecule has 2 aromatic carbocycles. The van der Waals surface area contributed by atoms with Gasteiger partial charge in [0.1, 0.15) is 0 Å². The minimum absolute atomic E-state index is 0.0722. The SMILES string of the molecule is CC[C@@H](C)NC(=O)c1ccccc1NC(=O)CSCc1ccc(Cl)c(Cl)c1. The lowest BCUT2D eigenvalue weighted by atomic mass is 10.1. The van der Waals surface area contributed by atoms with Crippen molar-refractivity contribution in [3.8, 4) is 0 Å². The highest BCUT2D eigenvalue weighted by Gasteiger charge is 2.14. The first-order valence-electron chi connectivity index (χ1n) is 8.62. The molecule has 2 aromatic rings. The molecule has 0 aliphatic carbocycles. The van der Waals surface area contributed by atoms with Crippen molar-refractivity contribution in [1.82, 2.24) is 5.32 Å². The van der Waals surface area contributed by atoms with Crippen molar-refractivity contribution >= 4 is 52.5 Å². The van der Waals surface area contributed by atoms with Crippen LogP contribution in [-0.4, -0.2) is 23.6 Å². The minimum atomic E-state index is -0.191. The van der Waals surface area contributed by atoms with Gasteiger partial charge in [-0.3, -0.25) is 9.59 Å². The molecule has 0 fully saturated rings. The van der Waals surface area contributed by atoms with Crippen LogP contribution in [0.2, 0.25) is 10.0 Å². The Bertz CT molecular complexity index is 814. The number of anilines is 1.